The van der Waals surface area contributed by atoms with Gasteiger partial charge in [-0.2, -0.15) is 17.2 Å². The van der Waals surface area contributed by atoms with Crippen molar-refractivity contribution in [2.24, 2.45) is 0 Å². The largest absolute Gasteiger partial charge is 0.477 e. The van der Waals surface area contributed by atoms with E-state index in [2.05, 4.69) is 26.2 Å². The molecule has 0 saturated heterocycles. The second-order valence-corrected chi connectivity index (χ2v) is 5.77. The number of pyridine rings is 2. The molecule has 3 heterocycles. The van der Waals surface area contributed by atoms with Crippen LogP contribution in [0.2, 0.25) is 0 Å². The van der Waals surface area contributed by atoms with Crippen LogP contribution >= 0.6 is 0 Å². The molecule has 0 aliphatic heterocycles. The minimum absolute atomic E-state index is 0. The summed E-state index contributed by atoms with van der Waals surface area (Å²) in [5.41, 5.74) is 2.05. The Kier molecular flexibility index (Phi) is 5.75. The van der Waals surface area contributed by atoms with Crippen LogP contribution in [0.3, 0.4) is 0 Å². The number of carbonyl (C=O) groups is 1. The third kappa shape index (κ3) is 3.96. The van der Waals surface area contributed by atoms with E-state index in [1.165, 1.54) is 6.07 Å². The smallest absolute Gasteiger partial charge is 0.354 e. The SMILES string of the molecule is CC(C)(c1cccc(C(=O)O)n1)c1cccc(-c2[c-]ccnn2)n1.[Pt]. The first kappa shape index (κ1) is 18.9. The molecule has 3 aromatic heterocycles. The second kappa shape index (κ2) is 7.62. The summed E-state index contributed by atoms with van der Waals surface area (Å²) < 4.78 is 0. The fourth-order valence-electron chi connectivity index (χ4n) is 2.34. The summed E-state index contributed by atoms with van der Waals surface area (Å²) in [5.74, 6) is -1.05. The van der Waals surface area contributed by atoms with Crippen LogP contribution in [0.1, 0.15) is 35.7 Å². The predicted octanol–water partition coefficient (Wildman–Crippen LogP) is 2.76. The van der Waals surface area contributed by atoms with Crippen LogP contribution < -0.4 is 0 Å². The molecule has 0 aromatic carbocycles. The van der Waals surface area contributed by atoms with Crippen molar-refractivity contribution < 1.29 is 31.0 Å². The summed E-state index contributed by atoms with van der Waals surface area (Å²) in [7, 11) is 0. The molecule has 1 N–H and O–H groups in total. The minimum atomic E-state index is -1.05. The fourth-order valence-corrected chi connectivity index (χ4v) is 2.34. The first-order chi connectivity index (χ1) is 11.5. The molecule has 130 valence electrons. The van der Waals surface area contributed by atoms with E-state index >= 15 is 0 Å². The van der Waals surface area contributed by atoms with Gasteiger partial charge >= 0.3 is 5.97 Å². The van der Waals surface area contributed by atoms with Crippen molar-refractivity contribution in [3.8, 4) is 11.4 Å². The molecule has 3 rings (SSSR count). The van der Waals surface area contributed by atoms with Gasteiger partial charge in [-0.3, -0.25) is 0 Å². The van der Waals surface area contributed by atoms with Crippen LogP contribution in [-0.4, -0.2) is 31.2 Å². The van der Waals surface area contributed by atoms with E-state index in [-0.39, 0.29) is 26.8 Å². The van der Waals surface area contributed by atoms with Gasteiger partial charge < -0.3 is 10.1 Å². The maximum Gasteiger partial charge on any atom is 0.354 e. The topological polar surface area (TPSA) is 88.9 Å². The van der Waals surface area contributed by atoms with Crippen molar-refractivity contribution in [3.63, 3.8) is 0 Å². The van der Waals surface area contributed by atoms with Crippen molar-refractivity contribution in [3.05, 3.63) is 71.8 Å². The monoisotopic (exact) mass is 514 g/mol. The van der Waals surface area contributed by atoms with Crippen LogP contribution in [0, 0.1) is 6.07 Å². The molecular formula is C18H15N4O2Pt-. The van der Waals surface area contributed by atoms with Crippen LogP contribution in [-0.2, 0) is 26.5 Å². The van der Waals surface area contributed by atoms with Gasteiger partial charge in [0.1, 0.15) is 5.69 Å². The number of carboxylic acid groups (broad SMARTS) is 1. The predicted molar refractivity (Wildman–Crippen MR) is 87.4 cm³/mol. The summed E-state index contributed by atoms with van der Waals surface area (Å²) in [5, 5.41) is 17.0. The normalized spacial score (nSPS) is 10.8. The fraction of sp³-hybridized carbons (Fsp3) is 0.167. The zero-order valence-corrected chi connectivity index (χ0v) is 15.9. The first-order valence-corrected chi connectivity index (χ1v) is 7.36. The van der Waals surface area contributed by atoms with Gasteiger partial charge in [0.05, 0.1) is 5.69 Å². The first-order valence-electron chi connectivity index (χ1n) is 7.36. The molecule has 0 radical (unpaired) electrons. The number of hydrogen-bond acceptors (Lipinski definition) is 5. The molecule has 0 unspecified atom stereocenters. The molecule has 0 amide bonds. The Labute approximate surface area is 159 Å². The third-order valence-corrected chi connectivity index (χ3v) is 3.76. The van der Waals surface area contributed by atoms with Crippen molar-refractivity contribution in [2.75, 3.05) is 0 Å². The molecule has 6 nitrogen and oxygen atoms in total. The Balaban J connectivity index is 0.00000225. The van der Waals surface area contributed by atoms with Gasteiger partial charge in [0.2, 0.25) is 0 Å². The van der Waals surface area contributed by atoms with Crippen molar-refractivity contribution in [2.45, 2.75) is 19.3 Å². The molecule has 0 spiro atoms. The number of aromatic nitrogens is 4. The van der Waals surface area contributed by atoms with Crippen LogP contribution in [0.5, 0.6) is 0 Å². The quantitative estimate of drug-likeness (QED) is 0.539. The van der Waals surface area contributed by atoms with Crippen molar-refractivity contribution >= 4 is 5.97 Å². The van der Waals surface area contributed by atoms with Crippen molar-refractivity contribution in [1.82, 2.24) is 20.2 Å². The van der Waals surface area contributed by atoms with E-state index in [0.29, 0.717) is 17.1 Å². The Bertz CT molecular complexity index is 885. The summed E-state index contributed by atoms with van der Waals surface area (Å²) in [6.45, 7) is 3.90. The van der Waals surface area contributed by atoms with Gasteiger partial charge in [-0.1, -0.05) is 18.2 Å². The zero-order valence-electron chi connectivity index (χ0n) is 13.6. The maximum atomic E-state index is 11.2. The van der Waals surface area contributed by atoms with Gasteiger partial charge in [0.25, 0.3) is 0 Å². The summed E-state index contributed by atoms with van der Waals surface area (Å²) >= 11 is 0. The molecule has 0 aliphatic carbocycles. The number of carboxylic acids is 1. The van der Waals surface area contributed by atoms with E-state index in [4.69, 9.17) is 5.11 Å². The molecule has 0 bridgehead atoms. The van der Waals surface area contributed by atoms with E-state index in [0.717, 1.165) is 5.69 Å². The van der Waals surface area contributed by atoms with Crippen molar-refractivity contribution in [1.29, 1.82) is 0 Å². The van der Waals surface area contributed by atoms with Gasteiger partial charge in [-0.05, 0) is 49.6 Å². The Morgan fingerprint density at radius 1 is 1.08 bits per heavy atom. The molecule has 7 heteroatoms. The summed E-state index contributed by atoms with van der Waals surface area (Å²) in [6.07, 6.45) is 1.55. The molecule has 0 saturated carbocycles. The second-order valence-electron chi connectivity index (χ2n) is 5.77. The number of aromatic carboxylic acids is 1. The average molecular weight is 514 g/mol. The molecule has 25 heavy (non-hydrogen) atoms. The van der Waals surface area contributed by atoms with Gasteiger partial charge in [-0.25, -0.2) is 14.9 Å². The van der Waals surface area contributed by atoms with E-state index < -0.39 is 11.4 Å². The minimum Gasteiger partial charge on any atom is -0.477 e. The molecule has 0 aliphatic rings. The van der Waals surface area contributed by atoms with Gasteiger partial charge in [0.15, 0.2) is 0 Å². The number of rotatable bonds is 4. The molecule has 3 aromatic rings. The molecule has 0 atom stereocenters. The standard InChI is InChI=1S/C18H15N4O2.Pt/c1-18(2,16-10-4-7-14(21-16)17(23)24)15-9-3-6-12(20-15)13-8-5-11-19-22-13;/h3-7,9-11H,1-2H3,(H,23,24);/q-1;. The number of hydrogen-bond donors (Lipinski definition) is 1. The molecule has 0 fully saturated rings. The zero-order chi connectivity index (χ0) is 17.2. The van der Waals surface area contributed by atoms with E-state index in [9.17, 15) is 4.79 Å². The van der Waals surface area contributed by atoms with Crippen LogP contribution in [0.15, 0.2) is 48.7 Å². The van der Waals surface area contributed by atoms with Gasteiger partial charge in [-0.15, -0.1) is 0 Å². The molecular weight excluding hydrogens is 499 g/mol. The van der Waals surface area contributed by atoms with Crippen LogP contribution in [0.4, 0.5) is 0 Å². The third-order valence-electron chi connectivity index (χ3n) is 3.76. The Hall–Kier alpha value is -2.46. The van der Waals surface area contributed by atoms with Crippen LogP contribution in [0.25, 0.3) is 11.4 Å². The Morgan fingerprint density at radius 3 is 2.40 bits per heavy atom. The number of nitrogens with zero attached hydrogens (tertiary/aromatic N) is 4. The van der Waals surface area contributed by atoms with E-state index in [1.54, 1.807) is 24.4 Å². The maximum absolute atomic E-state index is 11.2. The summed E-state index contributed by atoms with van der Waals surface area (Å²) in [4.78, 5) is 20.1. The Morgan fingerprint density at radius 2 is 1.76 bits per heavy atom. The van der Waals surface area contributed by atoms with E-state index in [1.807, 2.05) is 32.0 Å². The average Bonchev–Trinajstić information content (AvgIpc) is 2.62. The van der Waals surface area contributed by atoms with Gasteiger partial charge in [0, 0.05) is 32.2 Å². The summed E-state index contributed by atoms with van der Waals surface area (Å²) in [6, 6.07) is 15.2.